The molecule has 0 spiro atoms. The van der Waals surface area contributed by atoms with Crippen LogP contribution in [0.3, 0.4) is 0 Å². The Kier molecular flexibility index (Phi) is 6.28. The molecule has 168 valence electrons. The molecule has 0 atom stereocenters. The van der Waals surface area contributed by atoms with Gasteiger partial charge >= 0.3 is 0 Å². The second kappa shape index (κ2) is 8.50. The molecule has 0 bridgehead atoms. The lowest BCUT2D eigenvalue weighted by Gasteiger charge is -2.21. The summed E-state index contributed by atoms with van der Waals surface area (Å²) in [6.45, 7) is 5.83. The summed E-state index contributed by atoms with van der Waals surface area (Å²) in [7, 11) is -7.96. The van der Waals surface area contributed by atoms with Crippen molar-refractivity contribution in [3.63, 3.8) is 0 Å². The molecule has 0 aliphatic heterocycles. The van der Waals surface area contributed by atoms with Crippen LogP contribution in [0.15, 0.2) is 87.5 Å². The van der Waals surface area contributed by atoms with E-state index in [1.807, 2.05) is 20.8 Å². The Hall–Kier alpha value is -3.01. The van der Waals surface area contributed by atoms with Crippen molar-refractivity contribution in [2.75, 3.05) is 5.32 Å². The number of hydrogen-bond donors (Lipinski definition) is 2. The van der Waals surface area contributed by atoms with Gasteiger partial charge in [-0.05, 0) is 53.4 Å². The molecule has 0 fully saturated rings. The zero-order chi connectivity index (χ0) is 23.7. The average Bonchev–Trinajstić information content (AvgIpc) is 2.73. The zero-order valence-corrected chi connectivity index (χ0v) is 19.5. The molecule has 3 aromatic rings. The molecule has 3 rings (SSSR count). The van der Waals surface area contributed by atoms with Gasteiger partial charge < -0.3 is 5.32 Å². The molecule has 0 saturated carbocycles. The Labute approximate surface area is 188 Å². The monoisotopic (exact) mass is 472 g/mol. The standard InChI is InChI=1S/C23H24N2O5S2/c1-23(2,3)16-12-13-20(21(14-16)31(27,28)18-9-5-4-6-10-18)22(26)25-17-8-7-11-19(15-17)32(24,29)30/h4-15H,1-3H3,(H,25,26)(H2,24,29,30). The molecule has 1 amide bonds. The molecular formula is C23H24N2O5S2. The number of carbonyl (C=O) groups is 1. The van der Waals surface area contributed by atoms with Gasteiger partial charge in [-0.1, -0.05) is 51.1 Å². The van der Waals surface area contributed by atoms with E-state index in [0.29, 0.717) is 0 Å². The number of amides is 1. The van der Waals surface area contributed by atoms with Crippen LogP contribution < -0.4 is 10.5 Å². The minimum absolute atomic E-state index is 0.0529. The van der Waals surface area contributed by atoms with Gasteiger partial charge in [0.2, 0.25) is 19.9 Å². The average molecular weight is 473 g/mol. The SMILES string of the molecule is CC(C)(C)c1ccc(C(=O)Nc2cccc(S(N)(=O)=O)c2)c(S(=O)(=O)c2ccccc2)c1. The Morgan fingerprint density at radius 1 is 0.812 bits per heavy atom. The summed E-state index contributed by atoms with van der Waals surface area (Å²) in [5.74, 6) is -0.688. The fraction of sp³-hybridized carbons (Fsp3) is 0.174. The van der Waals surface area contributed by atoms with Gasteiger partial charge in [0.15, 0.2) is 0 Å². The number of sulfone groups is 1. The van der Waals surface area contributed by atoms with Crippen molar-refractivity contribution < 1.29 is 21.6 Å². The smallest absolute Gasteiger partial charge is 0.257 e. The van der Waals surface area contributed by atoms with E-state index < -0.39 is 25.8 Å². The predicted octanol–water partition coefficient (Wildman–Crippen LogP) is 3.72. The third-order valence-corrected chi connectivity index (χ3v) is 7.58. The van der Waals surface area contributed by atoms with Crippen LogP contribution in [0.25, 0.3) is 0 Å². The quantitative estimate of drug-likeness (QED) is 0.586. The van der Waals surface area contributed by atoms with Crippen molar-refractivity contribution >= 4 is 31.5 Å². The van der Waals surface area contributed by atoms with Crippen LogP contribution in [0.4, 0.5) is 5.69 Å². The minimum Gasteiger partial charge on any atom is -0.322 e. The highest BCUT2D eigenvalue weighted by Crippen LogP contribution is 2.31. The Balaban J connectivity index is 2.11. The zero-order valence-electron chi connectivity index (χ0n) is 17.9. The number of primary sulfonamides is 1. The van der Waals surface area contributed by atoms with Gasteiger partial charge in [0.05, 0.1) is 20.2 Å². The van der Waals surface area contributed by atoms with E-state index in [-0.39, 0.29) is 31.4 Å². The van der Waals surface area contributed by atoms with Gasteiger partial charge in [0.1, 0.15) is 0 Å². The molecule has 0 saturated heterocycles. The summed E-state index contributed by atoms with van der Waals surface area (Å²) >= 11 is 0. The second-order valence-electron chi connectivity index (χ2n) is 8.30. The number of benzene rings is 3. The van der Waals surface area contributed by atoms with E-state index >= 15 is 0 Å². The van der Waals surface area contributed by atoms with Crippen molar-refractivity contribution in [1.29, 1.82) is 0 Å². The maximum absolute atomic E-state index is 13.4. The van der Waals surface area contributed by atoms with Crippen LogP contribution in [0, 0.1) is 0 Å². The number of rotatable bonds is 5. The van der Waals surface area contributed by atoms with E-state index in [4.69, 9.17) is 5.14 Å². The highest BCUT2D eigenvalue weighted by atomic mass is 32.2. The van der Waals surface area contributed by atoms with Gasteiger partial charge in [-0.3, -0.25) is 4.79 Å². The predicted molar refractivity (Wildman–Crippen MR) is 123 cm³/mol. The molecule has 32 heavy (non-hydrogen) atoms. The molecule has 0 aromatic heterocycles. The molecular weight excluding hydrogens is 448 g/mol. The largest absolute Gasteiger partial charge is 0.322 e. The van der Waals surface area contributed by atoms with E-state index in [9.17, 15) is 21.6 Å². The maximum Gasteiger partial charge on any atom is 0.257 e. The van der Waals surface area contributed by atoms with E-state index in [0.717, 1.165) is 5.56 Å². The fourth-order valence-electron chi connectivity index (χ4n) is 3.07. The molecule has 7 nitrogen and oxygen atoms in total. The number of anilines is 1. The summed E-state index contributed by atoms with van der Waals surface area (Å²) in [4.78, 5) is 12.8. The first kappa shape index (κ1) is 23.6. The van der Waals surface area contributed by atoms with Crippen molar-refractivity contribution in [3.8, 4) is 0 Å². The summed E-state index contributed by atoms with van der Waals surface area (Å²) in [5, 5.41) is 7.72. The number of carbonyl (C=O) groups excluding carboxylic acids is 1. The van der Waals surface area contributed by atoms with Crippen LogP contribution >= 0.6 is 0 Å². The van der Waals surface area contributed by atoms with Crippen LogP contribution in [0.1, 0.15) is 36.7 Å². The molecule has 0 unspecified atom stereocenters. The number of hydrogen-bond acceptors (Lipinski definition) is 5. The maximum atomic E-state index is 13.4. The minimum atomic E-state index is -4.00. The second-order valence-corrected chi connectivity index (χ2v) is 11.8. The topological polar surface area (TPSA) is 123 Å². The molecule has 9 heteroatoms. The normalized spacial score (nSPS) is 12.4. The van der Waals surface area contributed by atoms with E-state index in [1.165, 1.54) is 48.5 Å². The van der Waals surface area contributed by atoms with Gasteiger partial charge in [-0.25, -0.2) is 22.0 Å². The van der Waals surface area contributed by atoms with Crippen LogP contribution in [-0.4, -0.2) is 22.7 Å². The summed E-state index contributed by atoms with van der Waals surface area (Å²) in [6, 6.07) is 18.0. The molecule has 0 aliphatic carbocycles. The van der Waals surface area contributed by atoms with Crippen molar-refractivity contribution in [2.45, 2.75) is 40.9 Å². The molecule has 3 aromatic carbocycles. The first-order valence-electron chi connectivity index (χ1n) is 9.69. The molecule has 0 heterocycles. The van der Waals surface area contributed by atoms with Crippen molar-refractivity contribution in [3.05, 3.63) is 83.9 Å². The van der Waals surface area contributed by atoms with Gasteiger partial charge in [0, 0.05) is 5.69 Å². The van der Waals surface area contributed by atoms with E-state index in [1.54, 1.807) is 24.3 Å². The first-order chi connectivity index (χ1) is 14.8. The first-order valence-corrected chi connectivity index (χ1v) is 12.7. The lowest BCUT2D eigenvalue weighted by molar-refractivity contribution is 0.102. The van der Waals surface area contributed by atoms with Crippen molar-refractivity contribution in [2.24, 2.45) is 5.14 Å². The Morgan fingerprint density at radius 2 is 1.44 bits per heavy atom. The Bertz CT molecular complexity index is 1380. The van der Waals surface area contributed by atoms with Crippen LogP contribution in [0.2, 0.25) is 0 Å². The summed E-state index contributed by atoms with van der Waals surface area (Å²) < 4.78 is 50.0. The molecule has 0 aliphatic rings. The van der Waals surface area contributed by atoms with Gasteiger partial charge in [-0.15, -0.1) is 0 Å². The van der Waals surface area contributed by atoms with Gasteiger partial charge in [-0.2, -0.15) is 0 Å². The summed E-state index contributed by atoms with van der Waals surface area (Å²) in [6.07, 6.45) is 0. The highest BCUT2D eigenvalue weighted by molar-refractivity contribution is 7.91. The highest BCUT2D eigenvalue weighted by Gasteiger charge is 2.27. The summed E-state index contributed by atoms with van der Waals surface area (Å²) in [5.41, 5.74) is 0.520. The fourth-order valence-corrected chi connectivity index (χ4v) is 5.14. The third-order valence-electron chi connectivity index (χ3n) is 4.86. The van der Waals surface area contributed by atoms with Crippen molar-refractivity contribution in [1.82, 2.24) is 0 Å². The number of nitrogens with two attached hydrogens (primary N) is 1. The van der Waals surface area contributed by atoms with Crippen LogP contribution in [0.5, 0.6) is 0 Å². The van der Waals surface area contributed by atoms with Crippen LogP contribution in [-0.2, 0) is 25.3 Å². The Morgan fingerprint density at radius 3 is 2.03 bits per heavy atom. The lowest BCUT2D eigenvalue weighted by Crippen LogP contribution is -2.19. The number of sulfonamides is 1. The number of nitrogens with one attached hydrogen (secondary N) is 1. The van der Waals surface area contributed by atoms with Gasteiger partial charge in [0.25, 0.3) is 5.91 Å². The lowest BCUT2D eigenvalue weighted by atomic mass is 9.86. The third kappa shape index (κ3) is 5.07. The van der Waals surface area contributed by atoms with E-state index in [2.05, 4.69) is 5.32 Å². The molecule has 3 N–H and O–H groups in total. The molecule has 0 radical (unpaired) electrons.